The molecule has 2 aromatic rings. The van der Waals surface area contributed by atoms with Gasteiger partial charge in [-0.3, -0.25) is 0 Å². The molecule has 82 valence electrons. The highest BCUT2D eigenvalue weighted by molar-refractivity contribution is 5.67. The lowest BCUT2D eigenvalue weighted by molar-refractivity contribution is 0.584. The molecule has 2 rings (SSSR count). The largest absolute Gasteiger partial charge is 0.384 e. The Morgan fingerprint density at radius 1 is 1.06 bits per heavy atom. The highest BCUT2D eigenvalue weighted by atomic mass is 19.1. The van der Waals surface area contributed by atoms with Gasteiger partial charge in [-0.05, 0) is 36.2 Å². The molecule has 2 N–H and O–H groups in total. The molecule has 0 aliphatic heterocycles. The van der Waals surface area contributed by atoms with Crippen LogP contribution in [0.2, 0.25) is 0 Å². The third-order valence-corrected chi connectivity index (χ3v) is 2.31. The maximum atomic E-state index is 13.0. The van der Waals surface area contributed by atoms with E-state index < -0.39 is 11.6 Å². The predicted octanol–water partition coefficient (Wildman–Crippen LogP) is 2.92. The van der Waals surface area contributed by atoms with E-state index in [4.69, 9.17) is 5.73 Å². The van der Waals surface area contributed by atoms with E-state index in [0.29, 0.717) is 16.9 Å². The van der Waals surface area contributed by atoms with Crippen molar-refractivity contribution in [3.8, 4) is 11.1 Å². The third-order valence-electron chi connectivity index (χ3n) is 2.31. The molecule has 0 bridgehead atoms. The fourth-order valence-electron chi connectivity index (χ4n) is 1.59. The maximum absolute atomic E-state index is 13.0. The first-order chi connectivity index (χ1) is 7.56. The van der Waals surface area contributed by atoms with Crippen LogP contribution in [0.15, 0.2) is 30.5 Å². The van der Waals surface area contributed by atoms with Gasteiger partial charge in [0.1, 0.15) is 17.5 Å². The highest BCUT2D eigenvalue weighted by Gasteiger charge is 2.06. The molecule has 0 spiro atoms. The number of aryl methyl sites for hydroxylation is 1. The van der Waals surface area contributed by atoms with Crippen LogP contribution in [0.5, 0.6) is 0 Å². The van der Waals surface area contributed by atoms with Crippen molar-refractivity contribution >= 4 is 5.82 Å². The van der Waals surface area contributed by atoms with Crippen LogP contribution in [0.4, 0.5) is 14.6 Å². The SMILES string of the molecule is Cc1cc(N)ncc1-c1cc(F)cc(F)c1. The van der Waals surface area contributed by atoms with Crippen LogP contribution in [0, 0.1) is 18.6 Å². The first-order valence-corrected chi connectivity index (χ1v) is 4.75. The van der Waals surface area contributed by atoms with Crippen LogP contribution in [0.1, 0.15) is 5.56 Å². The molecule has 0 radical (unpaired) electrons. The Labute approximate surface area is 91.7 Å². The van der Waals surface area contributed by atoms with Crippen molar-refractivity contribution in [3.05, 3.63) is 47.7 Å². The smallest absolute Gasteiger partial charge is 0.126 e. The molecular weight excluding hydrogens is 210 g/mol. The van der Waals surface area contributed by atoms with Crippen molar-refractivity contribution in [1.29, 1.82) is 0 Å². The zero-order valence-corrected chi connectivity index (χ0v) is 8.67. The second-order valence-electron chi connectivity index (χ2n) is 3.58. The van der Waals surface area contributed by atoms with E-state index in [9.17, 15) is 8.78 Å². The summed E-state index contributed by atoms with van der Waals surface area (Å²) in [4.78, 5) is 3.91. The number of halogens is 2. The summed E-state index contributed by atoms with van der Waals surface area (Å²) in [5.74, 6) is -0.824. The standard InChI is InChI=1S/C12H10F2N2/c1-7-2-12(15)16-6-11(7)8-3-9(13)5-10(14)4-8/h2-6H,1H3,(H2,15,16). The number of pyridine rings is 1. The summed E-state index contributed by atoms with van der Waals surface area (Å²) in [6, 6.07) is 5.04. The van der Waals surface area contributed by atoms with E-state index in [2.05, 4.69) is 4.98 Å². The Kier molecular flexibility index (Phi) is 2.56. The molecule has 0 unspecified atom stereocenters. The molecule has 1 aromatic carbocycles. The molecular formula is C12H10F2N2. The van der Waals surface area contributed by atoms with Gasteiger partial charge in [0.05, 0.1) is 0 Å². The summed E-state index contributed by atoms with van der Waals surface area (Å²) in [7, 11) is 0. The molecule has 2 nitrogen and oxygen atoms in total. The lowest BCUT2D eigenvalue weighted by Gasteiger charge is -2.06. The van der Waals surface area contributed by atoms with Gasteiger partial charge < -0.3 is 5.73 Å². The average Bonchev–Trinajstić information content (AvgIpc) is 2.15. The number of hydrogen-bond acceptors (Lipinski definition) is 2. The topological polar surface area (TPSA) is 38.9 Å². The van der Waals surface area contributed by atoms with Crippen molar-refractivity contribution in [3.63, 3.8) is 0 Å². The number of nitrogen functional groups attached to an aromatic ring is 1. The van der Waals surface area contributed by atoms with Gasteiger partial charge in [0, 0.05) is 17.8 Å². The van der Waals surface area contributed by atoms with Crippen molar-refractivity contribution in [2.45, 2.75) is 6.92 Å². The minimum absolute atomic E-state index is 0.387. The summed E-state index contributed by atoms with van der Waals surface area (Å²) < 4.78 is 26.1. The van der Waals surface area contributed by atoms with Gasteiger partial charge in [-0.1, -0.05) is 0 Å². The fraction of sp³-hybridized carbons (Fsp3) is 0.0833. The number of nitrogens with zero attached hydrogens (tertiary/aromatic N) is 1. The Morgan fingerprint density at radius 2 is 1.69 bits per heavy atom. The number of hydrogen-bond donors (Lipinski definition) is 1. The molecule has 0 saturated heterocycles. The number of nitrogens with two attached hydrogens (primary N) is 1. The van der Waals surface area contributed by atoms with Crippen LogP contribution in [0.3, 0.4) is 0 Å². The number of rotatable bonds is 1. The Morgan fingerprint density at radius 3 is 2.25 bits per heavy atom. The van der Waals surface area contributed by atoms with Crippen LogP contribution < -0.4 is 5.73 Å². The minimum Gasteiger partial charge on any atom is -0.384 e. The first-order valence-electron chi connectivity index (χ1n) is 4.75. The molecule has 0 fully saturated rings. The minimum atomic E-state index is -0.605. The molecule has 0 aliphatic carbocycles. The number of aromatic nitrogens is 1. The van der Waals surface area contributed by atoms with E-state index in [0.717, 1.165) is 11.6 Å². The molecule has 0 aliphatic rings. The van der Waals surface area contributed by atoms with Gasteiger partial charge in [0.15, 0.2) is 0 Å². The van der Waals surface area contributed by atoms with Gasteiger partial charge in [0.2, 0.25) is 0 Å². The second-order valence-corrected chi connectivity index (χ2v) is 3.58. The normalized spacial score (nSPS) is 10.4. The van der Waals surface area contributed by atoms with Gasteiger partial charge >= 0.3 is 0 Å². The number of anilines is 1. The Balaban J connectivity index is 2.58. The van der Waals surface area contributed by atoms with Gasteiger partial charge in [-0.2, -0.15) is 0 Å². The Hall–Kier alpha value is -1.97. The van der Waals surface area contributed by atoms with Crippen molar-refractivity contribution < 1.29 is 8.78 Å². The van der Waals surface area contributed by atoms with Crippen molar-refractivity contribution in [2.24, 2.45) is 0 Å². The zero-order chi connectivity index (χ0) is 11.7. The monoisotopic (exact) mass is 220 g/mol. The Bertz CT molecular complexity index is 518. The molecule has 0 amide bonds. The third kappa shape index (κ3) is 2.00. The molecule has 1 aromatic heterocycles. The van der Waals surface area contributed by atoms with E-state index >= 15 is 0 Å². The molecule has 0 saturated carbocycles. The van der Waals surface area contributed by atoms with Crippen molar-refractivity contribution in [2.75, 3.05) is 5.73 Å². The summed E-state index contributed by atoms with van der Waals surface area (Å²) in [5, 5.41) is 0. The average molecular weight is 220 g/mol. The molecule has 16 heavy (non-hydrogen) atoms. The van der Waals surface area contributed by atoms with E-state index in [-0.39, 0.29) is 0 Å². The molecule has 4 heteroatoms. The zero-order valence-electron chi connectivity index (χ0n) is 8.67. The van der Waals surface area contributed by atoms with Crippen molar-refractivity contribution in [1.82, 2.24) is 4.98 Å². The van der Waals surface area contributed by atoms with Crippen LogP contribution in [-0.2, 0) is 0 Å². The lowest BCUT2D eigenvalue weighted by Crippen LogP contribution is -1.93. The van der Waals surface area contributed by atoms with Crippen LogP contribution in [0.25, 0.3) is 11.1 Å². The number of benzene rings is 1. The maximum Gasteiger partial charge on any atom is 0.126 e. The summed E-state index contributed by atoms with van der Waals surface area (Å²) in [6.45, 7) is 1.82. The molecule has 0 atom stereocenters. The fourth-order valence-corrected chi connectivity index (χ4v) is 1.59. The van der Waals surface area contributed by atoms with Gasteiger partial charge in [-0.15, -0.1) is 0 Å². The van der Waals surface area contributed by atoms with Gasteiger partial charge in [-0.25, -0.2) is 13.8 Å². The van der Waals surface area contributed by atoms with Crippen LogP contribution in [-0.4, -0.2) is 4.98 Å². The van der Waals surface area contributed by atoms with Crippen LogP contribution >= 0.6 is 0 Å². The highest BCUT2D eigenvalue weighted by Crippen LogP contribution is 2.25. The first kappa shape index (κ1) is 10.5. The quantitative estimate of drug-likeness (QED) is 0.802. The lowest BCUT2D eigenvalue weighted by atomic mass is 10.0. The van der Waals surface area contributed by atoms with Gasteiger partial charge in [0.25, 0.3) is 0 Å². The van der Waals surface area contributed by atoms with E-state index in [1.54, 1.807) is 6.07 Å². The second kappa shape index (κ2) is 3.89. The predicted molar refractivity (Wildman–Crippen MR) is 58.7 cm³/mol. The van der Waals surface area contributed by atoms with E-state index in [1.807, 2.05) is 6.92 Å². The molecule has 1 heterocycles. The summed E-state index contributed by atoms with van der Waals surface area (Å²) in [6.07, 6.45) is 1.51. The van der Waals surface area contributed by atoms with E-state index in [1.165, 1.54) is 18.3 Å². The summed E-state index contributed by atoms with van der Waals surface area (Å²) in [5.41, 5.74) is 7.47. The summed E-state index contributed by atoms with van der Waals surface area (Å²) >= 11 is 0.